The van der Waals surface area contributed by atoms with E-state index < -0.39 is 28.4 Å². The molecule has 30 heavy (non-hydrogen) atoms. The van der Waals surface area contributed by atoms with E-state index >= 15 is 0 Å². The SMILES string of the molecule is NS(=O)(=O)c1ccc(N2NN(C(F)(F)F)C=C2c2ccc(OC(F)(F)F)cc2)cc1. The second kappa shape index (κ2) is 7.37. The second-order valence-corrected chi connectivity index (χ2v) is 7.46. The smallest absolute Gasteiger partial charge is 0.406 e. The van der Waals surface area contributed by atoms with E-state index in [9.17, 15) is 34.8 Å². The van der Waals surface area contributed by atoms with E-state index in [0.29, 0.717) is 6.20 Å². The number of sulfonamides is 1. The molecule has 0 spiro atoms. The third kappa shape index (κ3) is 4.95. The molecule has 0 saturated carbocycles. The lowest BCUT2D eigenvalue weighted by Gasteiger charge is -2.26. The van der Waals surface area contributed by atoms with Crippen LogP contribution in [-0.4, -0.2) is 26.1 Å². The fourth-order valence-electron chi connectivity index (χ4n) is 2.51. The van der Waals surface area contributed by atoms with Crippen LogP contribution >= 0.6 is 0 Å². The molecule has 0 unspecified atom stereocenters. The van der Waals surface area contributed by atoms with Gasteiger partial charge in [-0.05, 0) is 48.5 Å². The first kappa shape index (κ1) is 21.7. The van der Waals surface area contributed by atoms with Gasteiger partial charge in [0, 0.05) is 5.56 Å². The molecule has 0 fully saturated rings. The summed E-state index contributed by atoms with van der Waals surface area (Å²) >= 11 is 0. The number of nitrogens with one attached hydrogen (secondary N) is 1. The predicted octanol–water partition coefficient (Wildman–Crippen LogP) is 3.29. The zero-order valence-corrected chi connectivity index (χ0v) is 15.4. The number of alkyl halides is 6. The van der Waals surface area contributed by atoms with Crippen LogP contribution in [0.3, 0.4) is 0 Å². The van der Waals surface area contributed by atoms with Crippen LogP contribution in [0.4, 0.5) is 32.0 Å². The molecule has 1 heterocycles. The van der Waals surface area contributed by atoms with Gasteiger partial charge < -0.3 is 4.74 Å². The third-order valence-electron chi connectivity index (χ3n) is 3.78. The highest BCUT2D eigenvalue weighted by molar-refractivity contribution is 7.89. The first-order chi connectivity index (χ1) is 13.7. The fourth-order valence-corrected chi connectivity index (χ4v) is 3.03. The van der Waals surface area contributed by atoms with Gasteiger partial charge in [0.25, 0.3) is 0 Å². The van der Waals surface area contributed by atoms with Crippen molar-refractivity contribution >= 4 is 21.4 Å². The number of hydrogen-bond acceptors (Lipinski definition) is 6. The molecule has 0 radical (unpaired) electrons. The van der Waals surface area contributed by atoms with Crippen LogP contribution in [0.2, 0.25) is 0 Å². The van der Waals surface area contributed by atoms with E-state index in [2.05, 4.69) is 10.3 Å². The minimum atomic E-state index is -4.92. The Balaban J connectivity index is 1.96. The second-order valence-electron chi connectivity index (χ2n) is 5.90. The summed E-state index contributed by atoms with van der Waals surface area (Å²) in [5.74, 6) is -0.547. The van der Waals surface area contributed by atoms with Crippen LogP contribution in [0.15, 0.2) is 59.6 Å². The number of nitrogens with zero attached hydrogens (tertiary/aromatic N) is 2. The average molecular weight is 454 g/mol. The minimum absolute atomic E-state index is 0.0748. The lowest BCUT2D eigenvalue weighted by molar-refractivity contribution is -0.274. The summed E-state index contributed by atoms with van der Waals surface area (Å²) in [4.78, 5) is -0.252. The van der Waals surface area contributed by atoms with Crippen molar-refractivity contribution < 1.29 is 39.5 Å². The van der Waals surface area contributed by atoms with Crippen LogP contribution in [-0.2, 0) is 10.0 Å². The minimum Gasteiger partial charge on any atom is -0.406 e. The average Bonchev–Trinajstić information content (AvgIpc) is 3.06. The maximum absolute atomic E-state index is 13.2. The highest BCUT2D eigenvalue weighted by Crippen LogP contribution is 2.34. The molecular formula is C16H12F6N4O3S. The van der Waals surface area contributed by atoms with Gasteiger partial charge in [0.2, 0.25) is 10.0 Å². The lowest BCUT2D eigenvalue weighted by Crippen LogP contribution is -2.47. The topological polar surface area (TPSA) is 87.9 Å². The standard InChI is InChI=1S/C16H12F6N4O3S/c17-15(18,19)25-9-14(10-1-5-12(6-2-10)29-16(20,21)22)26(24-25)11-3-7-13(8-4-11)30(23,27)28/h1-9,24H,(H2,23,27,28). The predicted molar refractivity (Wildman–Crippen MR) is 92.4 cm³/mol. The Morgan fingerprint density at radius 3 is 1.93 bits per heavy atom. The Bertz CT molecular complexity index is 1050. The molecule has 0 saturated heterocycles. The molecule has 14 heteroatoms. The summed E-state index contributed by atoms with van der Waals surface area (Å²) in [7, 11) is -4.01. The van der Waals surface area contributed by atoms with Gasteiger partial charge in [-0.15, -0.1) is 31.9 Å². The third-order valence-corrected chi connectivity index (χ3v) is 4.71. The largest absolute Gasteiger partial charge is 0.573 e. The summed E-state index contributed by atoms with van der Waals surface area (Å²) in [6.07, 6.45) is -9.05. The molecule has 0 aliphatic carbocycles. The van der Waals surface area contributed by atoms with E-state index in [4.69, 9.17) is 5.14 Å². The van der Waals surface area contributed by atoms with E-state index in [1.807, 2.05) is 0 Å². The van der Waals surface area contributed by atoms with Crippen molar-refractivity contribution in [3.63, 3.8) is 0 Å². The number of primary sulfonamides is 1. The molecule has 162 valence electrons. The van der Waals surface area contributed by atoms with Crippen LogP contribution in [0.5, 0.6) is 5.75 Å². The van der Waals surface area contributed by atoms with E-state index in [0.717, 1.165) is 41.4 Å². The highest BCUT2D eigenvalue weighted by Gasteiger charge is 2.41. The van der Waals surface area contributed by atoms with Crippen LogP contribution < -0.4 is 20.4 Å². The summed E-state index contributed by atoms with van der Waals surface area (Å²) in [6.45, 7) is 0. The van der Waals surface area contributed by atoms with Gasteiger partial charge in [0.1, 0.15) is 5.75 Å². The molecule has 0 atom stereocenters. The molecule has 7 nitrogen and oxygen atoms in total. The van der Waals surface area contributed by atoms with Crippen molar-refractivity contribution in [3.8, 4) is 5.75 Å². The summed E-state index contributed by atoms with van der Waals surface area (Å²) in [5, 5.41) is 5.80. The van der Waals surface area contributed by atoms with Gasteiger partial charge in [-0.1, -0.05) is 0 Å². The van der Waals surface area contributed by atoms with Crippen molar-refractivity contribution in [2.45, 2.75) is 17.6 Å². The van der Waals surface area contributed by atoms with Crippen LogP contribution in [0, 0.1) is 0 Å². The molecule has 0 bridgehead atoms. The molecule has 0 aromatic heterocycles. The number of ether oxygens (including phenoxy) is 1. The van der Waals surface area contributed by atoms with Crippen molar-refractivity contribution in [1.29, 1.82) is 0 Å². The molecular weight excluding hydrogens is 442 g/mol. The number of hydrazine groups is 2. The van der Waals surface area contributed by atoms with Gasteiger partial charge in [0.15, 0.2) is 0 Å². The number of hydrogen-bond donors (Lipinski definition) is 2. The number of benzene rings is 2. The van der Waals surface area contributed by atoms with Gasteiger partial charge in [0.05, 0.1) is 22.5 Å². The fraction of sp³-hybridized carbons (Fsp3) is 0.125. The number of anilines is 1. The first-order valence-corrected chi connectivity index (χ1v) is 9.42. The first-order valence-electron chi connectivity index (χ1n) is 7.87. The molecule has 2 aromatic rings. The van der Waals surface area contributed by atoms with E-state index in [1.165, 1.54) is 12.1 Å². The number of nitrogens with two attached hydrogens (primary N) is 1. The van der Waals surface area contributed by atoms with Crippen LogP contribution in [0.1, 0.15) is 5.56 Å². The number of halogens is 6. The normalized spacial score (nSPS) is 15.4. The van der Waals surface area contributed by atoms with Crippen molar-refractivity contribution in [2.75, 3.05) is 5.01 Å². The maximum atomic E-state index is 13.2. The lowest BCUT2D eigenvalue weighted by atomic mass is 10.1. The molecule has 1 aliphatic heterocycles. The monoisotopic (exact) mass is 454 g/mol. The van der Waals surface area contributed by atoms with Crippen LogP contribution in [0.25, 0.3) is 5.70 Å². The Labute approximate surface area is 165 Å². The Morgan fingerprint density at radius 2 is 1.47 bits per heavy atom. The quantitative estimate of drug-likeness (QED) is 0.545. The Morgan fingerprint density at radius 1 is 0.900 bits per heavy atom. The molecule has 3 N–H and O–H groups in total. The van der Waals surface area contributed by atoms with Gasteiger partial charge in [-0.3, -0.25) is 5.01 Å². The zero-order valence-electron chi connectivity index (χ0n) is 14.6. The maximum Gasteiger partial charge on any atom is 0.573 e. The summed E-state index contributed by atoms with van der Waals surface area (Å²) < 4.78 is 103. The zero-order chi connectivity index (χ0) is 22.3. The Hall–Kier alpha value is -2.97. The van der Waals surface area contributed by atoms with E-state index in [-0.39, 0.29) is 26.9 Å². The van der Waals surface area contributed by atoms with Gasteiger partial charge in [-0.2, -0.15) is 0 Å². The van der Waals surface area contributed by atoms with Crippen molar-refractivity contribution in [3.05, 3.63) is 60.3 Å². The summed E-state index contributed by atoms with van der Waals surface area (Å²) in [5.41, 5.74) is 2.22. The van der Waals surface area contributed by atoms with Crippen molar-refractivity contribution in [1.82, 2.24) is 10.5 Å². The summed E-state index contributed by atoms with van der Waals surface area (Å²) in [6, 6.07) is 8.79. The van der Waals surface area contributed by atoms with Gasteiger partial charge >= 0.3 is 12.7 Å². The van der Waals surface area contributed by atoms with Crippen molar-refractivity contribution in [2.24, 2.45) is 5.14 Å². The van der Waals surface area contributed by atoms with E-state index in [1.54, 1.807) is 0 Å². The highest BCUT2D eigenvalue weighted by atomic mass is 32.2. The molecule has 1 aliphatic rings. The molecule has 2 aromatic carbocycles. The number of rotatable bonds is 4. The molecule has 0 amide bonds. The Kier molecular flexibility index (Phi) is 5.34. The molecule has 3 rings (SSSR count). The van der Waals surface area contributed by atoms with Gasteiger partial charge in [-0.25, -0.2) is 18.6 Å².